The van der Waals surface area contributed by atoms with Crippen molar-refractivity contribution in [1.29, 1.82) is 0 Å². The van der Waals surface area contributed by atoms with Gasteiger partial charge in [0.2, 0.25) is 10.0 Å². The summed E-state index contributed by atoms with van der Waals surface area (Å²) in [5.74, 6) is 0.213. The molecule has 0 aliphatic heterocycles. The maximum Gasteiger partial charge on any atom is 0.252 e. The minimum absolute atomic E-state index is 0.0386. The van der Waals surface area contributed by atoms with Crippen LogP contribution in [0.5, 0.6) is 5.75 Å². The Labute approximate surface area is 216 Å². The fraction of sp³-hybridized carbons (Fsp3) is 0.192. The Morgan fingerprint density at radius 3 is 2.57 bits per heavy atom. The van der Waals surface area contributed by atoms with E-state index in [1.807, 2.05) is 6.92 Å². The first-order valence-corrected chi connectivity index (χ1v) is 13.7. The van der Waals surface area contributed by atoms with Crippen molar-refractivity contribution in [2.75, 3.05) is 6.61 Å². The second-order valence-electron chi connectivity index (χ2n) is 8.55. The molecule has 1 N–H and O–H groups in total. The molecular formula is C26H23FN4O4S2. The Kier molecular flexibility index (Phi) is 6.76. The van der Waals surface area contributed by atoms with Crippen LogP contribution in [0.25, 0.3) is 21.9 Å². The summed E-state index contributed by atoms with van der Waals surface area (Å²) in [5, 5.41) is 0.710. The number of nitrogens with zero attached hydrogens (tertiary/aromatic N) is 3. The van der Waals surface area contributed by atoms with Gasteiger partial charge in [0.05, 0.1) is 18.3 Å². The van der Waals surface area contributed by atoms with Crippen molar-refractivity contribution in [1.82, 2.24) is 18.0 Å². The maximum atomic E-state index is 14.1. The summed E-state index contributed by atoms with van der Waals surface area (Å²) < 4.78 is 57.0. The number of sulfonamides is 1. The number of hydrogen-bond acceptors (Lipinski definition) is 7. The Hall–Kier alpha value is -3.67. The van der Waals surface area contributed by atoms with Gasteiger partial charge in [-0.25, -0.2) is 12.8 Å². The Balaban J connectivity index is 1.62. The van der Waals surface area contributed by atoms with E-state index in [-0.39, 0.29) is 29.1 Å². The summed E-state index contributed by atoms with van der Waals surface area (Å²) in [7, 11) is -4.16. The van der Waals surface area contributed by atoms with Crippen molar-refractivity contribution in [3.05, 3.63) is 93.5 Å². The molecule has 0 radical (unpaired) electrons. The van der Waals surface area contributed by atoms with Gasteiger partial charge in [-0.1, -0.05) is 18.2 Å². The lowest BCUT2D eigenvalue weighted by atomic mass is 10.1. The van der Waals surface area contributed by atoms with E-state index in [0.717, 1.165) is 11.7 Å². The van der Waals surface area contributed by atoms with E-state index < -0.39 is 21.4 Å². The first kappa shape index (κ1) is 25.0. The summed E-state index contributed by atoms with van der Waals surface area (Å²) in [6.45, 7) is 3.77. The molecule has 2 heterocycles. The van der Waals surface area contributed by atoms with E-state index in [1.165, 1.54) is 28.6 Å². The number of fused-ring (bicyclic) bond motifs is 2. The van der Waals surface area contributed by atoms with Crippen LogP contribution in [-0.4, -0.2) is 33.1 Å². The normalized spacial score (nSPS) is 12.0. The number of aryl methyl sites for hydroxylation is 1. The highest BCUT2D eigenvalue weighted by Crippen LogP contribution is 2.30. The van der Waals surface area contributed by atoms with Crippen LogP contribution in [0.1, 0.15) is 23.6 Å². The van der Waals surface area contributed by atoms with E-state index >= 15 is 0 Å². The van der Waals surface area contributed by atoms with Crippen molar-refractivity contribution >= 4 is 43.7 Å². The van der Waals surface area contributed by atoms with E-state index in [0.29, 0.717) is 39.9 Å². The van der Waals surface area contributed by atoms with Gasteiger partial charge in [-0.2, -0.15) is 13.1 Å². The number of ether oxygens (including phenoxy) is 1. The van der Waals surface area contributed by atoms with Crippen LogP contribution in [-0.2, 0) is 23.1 Å². The second-order valence-corrected chi connectivity index (χ2v) is 11.0. The Bertz CT molecular complexity index is 1770. The largest absolute Gasteiger partial charge is 0.494 e. The predicted octanol–water partition coefficient (Wildman–Crippen LogP) is 4.77. The van der Waals surface area contributed by atoms with Gasteiger partial charge in [0.25, 0.3) is 5.56 Å². The SMILES string of the molecule is CCOc1ccc2[nH]c(=O)c(CN(Cc3ccc(F)cc3)S(=O)(=O)c3c(C)ccc4nsnc34)cc2c1. The number of halogens is 1. The fourth-order valence-corrected chi connectivity index (χ4v) is 6.55. The van der Waals surface area contributed by atoms with Crippen LogP contribution < -0.4 is 10.3 Å². The van der Waals surface area contributed by atoms with Crippen LogP contribution in [0.4, 0.5) is 4.39 Å². The monoisotopic (exact) mass is 538 g/mol. The average Bonchev–Trinajstić information content (AvgIpc) is 3.34. The molecule has 3 aromatic carbocycles. The quantitative estimate of drug-likeness (QED) is 0.305. The van der Waals surface area contributed by atoms with Crippen molar-refractivity contribution in [3.8, 4) is 5.75 Å². The van der Waals surface area contributed by atoms with Crippen molar-refractivity contribution in [2.45, 2.75) is 31.8 Å². The molecule has 5 rings (SSSR count). The third-order valence-corrected chi connectivity index (χ3v) is 8.51. The van der Waals surface area contributed by atoms with Crippen molar-refractivity contribution in [3.63, 3.8) is 0 Å². The summed E-state index contributed by atoms with van der Waals surface area (Å²) in [5.41, 5.74) is 2.31. The molecule has 0 saturated carbocycles. The number of aromatic amines is 1. The zero-order valence-electron chi connectivity index (χ0n) is 20.1. The molecule has 8 nitrogen and oxygen atoms in total. The average molecular weight is 539 g/mol. The lowest BCUT2D eigenvalue weighted by Crippen LogP contribution is -2.33. The van der Waals surface area contributed by atoms with Crippen LogP contribution in [0, 0.1) is 12.7 Å². The molecule has 5 aromatic rings. The van der Waals surface area contributed by atoms with Crippen LogP contribution >= 0.6 is 11.7 Å². The Morgan fingerprint density at radius 1 is 1.03 bits per heavy atom. The van der Waals surface area contributed by atoms with Gasteiger partial charge in [0.1, 0.15) is 27.5 Å². The molecule has 0 bridgehead atoms. The summed E-state index contributed by atoms with van der Waals surface area (Å²) in [6.07, 6.45) is 0. The molecule has 0 saturated heterocycles. The minimum atomic E-state index is -4.16. The van der Waals surface area contributed by atoms with Gasteiger partial charge in [0.15, 0.2) is 0 Å². The molecular weight excluding hydrogens is 515 g/mol. The molecule has 2 aromatic heterocycles. The molecule has 11 heteroatoms. The number of H-pyrrole nitrogens is 1. The topological polar surface area (TPSA) is 105 Å². The molecule has 0 spiro atoms. The van der Waals surface area contributed by atoms with Crippen molar-refractivity contribution in [2.24, 2.45) is 0 Å². The lowest BCUT2D eigenvalue weighted by molar-refractivity contribution is 0.340. The third-order valence-electron chi connectivity index (χ3n) is 6.00. The van der Waals surface area contributed by atoms with Crippen LogP contribution in [0.15, 0.2) is 70.4 Å². The minimum Gasteiger partial charge on any atom is -0.494 e. The maximum absolute atomic E-state index is 14.1. The molecule has 0 fully saturated rings. The zero-order chi connectivity index (χ0) is 26.2. The zero-order valence-corrected chi connectivity index (χ0v) is 21.7. The first-order chi connectivity index (χ1) is 17.8. The molecule has 190 valence electrons. The van der Waals surface area contributed by atoms with E-state index in [2.05, 4.69) is 13.7 Å². The summed E-state index contributed by atoms with van der Waals surface area (Å²) >= 11 is 0.931. The summed E-state index contributed by atoms with van der Waals surface area (Å²) in [4.78, 5) is 15.9. The highest BCUT2D eigenvalue weighted by molar-refractivity contribution is 7.89. The Morgan fingerprint density at radius 2 is 1.81 bits per heavy atom. The smallest absolute Gasteiger partial charge is 0.252 e. The second kappa shape index (κ2) is 10.0. The fourth-order valence-electron chi connectivity index (χ4n) is 4.20. The highest BCUT2D eigenvalue weighted by atomic mass is 32.2. The first-order valence-electron chi connectivity index (χ1n) is 11.5. The molecule has 0 atom stereocenters. The standard InChI is InChI=1S/C26H23FN4O4S2/c1-3-35-21-9-11-22-18(13-21)12-19(26(32)28-22)15-31(14-17-5-7-20(27)8-6-17)37(33,34)25-16(2)4-10-23-24(25)30-36-29-23/h4-13H,3,14-15H2,1-2H3,(H,28,32). The van der Waals surface area contributed by atoms with Crippen LogP contribution in [0.2, 0.25) is 0 Å². The third kappa shape index (κ3) is 4.97. The number of pyridine rings is 1. The van der Waals surface area contributed by atoms with Gasteiger partial charge >= 0.3 is 0 Å². The molecule has 0 aliphatic carbocycles. The van der Waals surface area contributed by atoms with E-state index in [9.17, 15) is 17.6 Å². The number of rotatable bonds is 8. The molecule has 0 amide bonds. The molecule has 0 aliphatic rings. The summed E-state index contributed by atoms with van der Waals surface area (Å²) in [6, 6.07) is 16.0. The molecule has 0 unspecified atom stereocenters. The van der Waals surface area contributed by atoms with Gasteiger partial charge in [-0.3, -0.25) is 4.79 Å². The van der Waals surface area contributed by atoms with Gasteiger partial charge < -0.3 is 9.72 Å². The lowest BCUT2D eigenvalue weighted by Gasteiger charge is -2.23. The molecule has 37 heavy (non-hydrogen) atoms. The van der Waals surface area contributed by atoms with Gasteiger partial charge in [0, 0.05) is 29.6 Å². The van der Waals surface area contributed by atoms with Crippen LogP contribution in [0.3, 0.4) is 0 Å². The van der Waals surface area contributed by atoms with E-state index in [4.69, 9.17) is 4.74 Å². The van der Waals surface area contributed by atoms with Crippen molar-refractivity contribution < 1.29 is 17.5 Å². The number of benzene rings is 3. The number of hydrogen-bond donors (Lipinski definition) is 1. The van der Waals surface area contributed by atoms with Gasteiger partial charge in [-0.15, -0.1) is 0 Å². The highest BCUT2D eigenvalue weighted by Gasteiger charge is 2.30. The number of nitrogens with one attached hydrogen (secondary N) is 1. The van der Waals surface area contributed by atoms with E-state index in [1.54, 1.807) is 43.3 Å². The number of aromatic nitrogens is 3. The van der Waals surface area contributed by atoms with Gasteiger partial charge in [-0.05, 0) is 67.4 Å². The predicted molar refractivity (Wildman–Crippen MR) is 141 cm³/mol.